The number of urea groups is 1. The number of aliphatic carboxylic acids is 1. The monoisotopic (exact) mass is 297 g/mol. The number of carboxylic acid groups (broad SMARTS) is 1. The lowest BCUT2D eigenvalue weighted by Gasteiger charge is -2.34. The van der Waals surface area contributed by atoms with Crippen molar-refractivity contribution >= 4 is 17.9 Å². The topological polar surface area (TPSA) is 104 Å². The van der Waals surface area contributed by atoms with E-state index < -0.39 is 11.9 Å². The highest BCUT2D eigenvalue weighted by Crippen LogP contribution is 2.26. The first kappa shape index (κ1) is 15.6. The third-order valence-electron chi connectivity index (χ3n) is 4.57. The first-order valence-corrected chi connectivity index (χ1v) is 7.43. The number of likely N-dealkylation sites (tertiary alicyclic amines) is 2. The number of amides is 3. The molecule has 0 aromatic carbocycles. The SMILES string of the molecule is CC1CN(C(=O)N2CCC(CC(N)=O)CC2)CC1C(=O)O. The van der Waals surface area contributed by atoms with Gasteiger partial charge in [-0.15, -0.1) is 0 Å². The van der Waals surface area contributed by atoms with Crippen LogP contribution in [-0.4, -0.2) is 59.0 Å². The van der Waals surface area contributed by atoms with Gasteiger partial charge in [-0.1, -0.05) is 6.92 Å². The normalized spacial score (nSPS) is 26.9. The molecule has 2 aliphatic rings. The molecule has 0 radical (unpaired) electrons. The van der Waals surface area contributed by atoms with Crippen molar-refractivity contribution in [2.24, 2.45) is 23.5 Å². The number of hydrogen-bond donors (Lipinski definition) is 2. The Morgan fingerprint density at radius 1 is 1.14 bits per heavy atom. The van der Waals surface area contributed by atoms with Gasteiger partial charge in [0.05, 0.1) is 5.92 Å². The molecular weight excluding hydrogens is 274 g/mol. The molecule has 0 spiro atoms. The zero-order chi connectivity index (χ0) is 15.6. The summed E-state index contributed by atoms with van der Waals surface area (Å²) in [6, 6.07) is -0.0804. The van der Waals surface area contributed by atoms with Gasteiger partial charge in [0.25, 0.3) is 0 Å². The van der Waals surface area contributed by atoms with Crippen molar-refractivity contribution in [3.05, 3.63) is 0 Å². The molecular formula is C14H23N3O4. The molecule has 0 aliphatic carbocycles. The summed E-state index contributed by atoms with van der Waals surface area (Å²) in [5.41, 5.74) is 5.19. The molecule has 2 heterocycles. The number of nitrogens with zero attached hydrogens (tertiary/aromatic N) is 2. The van der Waals surface area contributed by atoms with Gasteiger partial charge in [-0.25, -0.2) is 4.79 Å². The molecule has 2 atom stereocenters. The second kappa shape index (κ2) is 6.32. The Balaban J connectivity index is 1.85. The van der Waals surface area contributed by atoms with E-state index in [1.165, 1.54) is 0 Å². The minimum absolute atomic E-state index is 0.0150. The van der Waals surface area contributed by atoms with Crippen LogP contribution in [0.3, 0.4) is 0 Å². The predicted octanol–water partition coefficient (Wildman–Crippen LogP) is 0.346. The lowest BCUT2D eigenvalue weighted by atomic mass is 9.93. The number of carbonyl (C=O) groups is 3. The Hall–Kier alpha value is -1.79. The third-order valence-corrected chi connectivity index (χ3v) is 4.57. The van der Waals surface area contributed by atoms with Gasteiger partial charge in [-0.2, -0.15) is 0 Å². The number of rotatable bonds is 3. The molecule has 2 aliphatic heterocycles. The summed E-state index contributed by atoms with van der Waals surface area (Å²) in [5.74, 6) is -1.36. The number of primary amides is 1. The molecule has 2 rings (SSSR count). The van der Waals surface area contributed by atoms with Crippen LogP contribution < -0.4 is 5.73 Å². The Morgan fingerprint density at radius 3 is 2.24 bits per heavy atom. The molecule has 0 saturated carbocycles. The predicted molar refractivity (Wildman–Crippen MR) is 75.4 cm³/mol. The second-order valence-electron chi connectivity index (χ2n) is 6.21. The summed E-state index contributed by atoms with van der Waals surface area (Å²) in [7, 11) is 0. The number of carboxylic acids is 1. The molecule has 2 fully saturated rings. The van der Waals surface area contributed by atoms with E-state index in [2.05, 4.69) is 0 Å². The lowest BCUT2D eigenvalue weighted by molar-refractivity contribution is -0.142. The quantitative estimate of drug-likeness (QED) is 0.784. The highest BCUT2D eigenvalue weighted by molar-refractivity contribution is 5.78. The zero-order valence-electron chi connectivity index (χ0n) is 12.3. The fraction of sp³-hybridized carbons (Fsp3) is 0.786. The van der Waals surface area contributed by atoms with Crippen LogP contribution >= 0.6 is 0 Å². The van der Waals surface area contributed by atoms with Gasteiger partial charge in [-0.3, -0.25) is 9.59 Å². The Labute approximate surface area is 124 Å². The third kappa shape index (κ3) is 3.65. The van der Waals surface area contributed by atoms with E-state index in [1.54, 1.807) is 9.80 Å². The van der Waals surface area contributed by atoms with Gasteiger partial charge in [0, 0.05) is 32.6 Å². The Bertz CT molecular complexity index is 432. The molecule has 7 heteroatoms. The average molecular weight is 297 g/mol. The molecule has 2 unspecified atom stereocenters. The van der Waals surface area contributed by atoms with E-state index in [9.17, 15) is 14.4 Å². The van der Waals surface area contributed by atoms with Crippen LogP contribution in [0.5, 0.6) is 0 Å². The fourth-order valence-electron chi connectivity index (χ4n) is 3.26. The molecule has 0 aromatic rings. The number of hydrogen-bond acceptors (Lipinski definition) is 3. The van der Waals surface area contributed by atoms with Crippen molar-refractivity contribution in [2.75, 3.05) is 26.2 Å². The van der Waals surface area contributed by atoms with Gasteiger partial charge in [0.1, 0.15) is 0 Å². The van der Waals surface area contributed by atoms with E-state index in [0.717, 1.165) is 12.8 Å². The Morgan fingerprint density at radius 2 is 1.76 bits per heavy atom. The summed E-state index contributed by atoms with van der Waals surface area (Å²) in [5, 5.41) is 9.12. The van der Waals surface area contributed by atoms with Crippen LogP contribution in [0.2, 0.25) is 0 Å². The largest absolute Gasteiger partial charge is 0.481 e. The lowest BCUT2D eigenvalue weighted by Crippen LogP contribution is -2.46. The first-order valence-electron chi connectivity index (χ1n) is 7.43. The van der Waals surface area contributed by atoms with Crippen molar-refractivity contribution < 1.29 is 19.5 Å². The maximum atomic E-state index is 12.4. The molecule has 3 amide bonds. The van der Waals surface area contributed by atoms with E-state index in [1.807, 2.05) is 6.92 Å². The number of carbonyl (C=O) groups excluding carboxylic acids is 2. The minimum atomic E-state index is -0.835. The molecule has 0 bridgehead atoms. The van der Waals surface area contributed by atoms with Crippen LogP contribution in [0, 0.1) is 17.8 Å². The highest BCUT2D eigenvalue weighted by atomic mass is 16.4. The highest BCUT2D eigenvalue weighted by Gasteiger charge is 2.38. The van der Waals surface area contributed by atoms with Crippen molar-refractivity contribution in [1.29, 1.82) is 0 Å². The van der Waals surface area contributed by atoms with Crippen molar-refractivity contribution in [1.82, 2.24) is 9.80 Å². The number of nitrogens with two attached hydrogens (primary N) is 1. The smallest absolute Gasteiger partial charge is 0.320 e. The van der Waals surface area contributed by atoms with Crippen molar-refractivity contribution in [2.45, 2.75) is 26.2 Å². The van der Waals surface area contributed by atoms with Gasteiger partial charge >= 0.3 is 12.0 Å². The van der Waals surface area contributed by atoms with E-state index >= 15 is 0 Å². The average Bonchev–Trinajstić information content (AvgIpc) is 2.80. The van der Waals surface area contributed by atoms with Crippen LogP contribution in [0.4, 0.5) is 4.79 Å². The first-order chi connectivity index (χ1) is 9.88. The summed E-state index contributed by atoms with van der Waals surface area (Å²) < 4.78 is 0. The van der Waals surface area contributed by atoms with E-state index in [0.29, 0.717) is 26.1 Å². The van der Waals surface area contributed by atoms with Crippen molar-refractivity contribution in [3.8, 4) is 0 Å². The van der Waals surface area contributed by atoms with Crippen LogP contribution in [0.1, 0.15) is 26.2 Å². The second-order valence-corrected chi connectivity index (χ2v) is 6.21. The van der Waals surface area contributed by atoms with Gasteiger partial charge < -0.3 is 20.6 Å². The van der Waals surface area contributed by atoms with Crippen LogP contribution in [-0.2, 0) is 9.59 Å². The molecule has 3 N–H and O–H groups in total. The minimum Gasteiger partial charge on any atom is -0.481 e. The van der Waals surface area contributed by atoms with Gasteiger partial charge in [0.2, 0.25) is 5.91 Å². The Kier molecular flexibility index (Phi) is 4.69. The fourth-order valence-corrected chi connectivity index (χ4v) is 3.26. The van der Waals surface area contributed by atoms with Crippen LogP contribution in [0.25, 0.3) is 0 Å². The van der Waals surface area contributed by atoms with Crippen LogP contribution in [0.15, 0.2) is 0 Å². The summed E-state index contributed by atoms with van der Waals surface area (Å²) >= 11 is 0. The molecule has 0 aromatic heterocycles. The van der Waals surface area contributed by atoms with Gasteiger partial charge in [0.15, 0.2) is 0 Å². The zero-order valence-corrected chi connectivity index (χ0v) is 12.3. The number of piperidine rings is 1. The molecule has 21 heavy (non-hydrogen) atoms. The maximum Gasteiger partial charge on any atom is 0.320 e. The summed E-state index contributed by atoms with van der Waals surface area (Å²) in [4.78, 5) is 37.8. The van der Waals surface area contributed by atoms with Crippen molar-refractivity contribution in [3.63, 3.8) is 0 Å². The van der Waals surface area contributed by atoms with E-state index in [4.69, 9.17) is 10.8 Å². The summed E-state index contributed by atoms with van der Waals surface area (Å²) in [6.45, 7) is 3.87. The molecule has 7 nitrogen and oxygen atoms in total. The van der Waals surface area contributed by atoms with Gasteiger partial charge in [-0.05, 0) is 24.7 Å². The molecule has 2 saturated heterocycles. The maximum absolute atomic E-state index is 12.4. The standard InChI is InChI=1S/C14H23N3O4/c1-9-7-17(8-11(9)13(19)20)14(21)16-4-2-10(3-5-16)6-12(15)18/h9-11H,2-8H2,1H3,(H2,15,18)(H,19,20). The van der Waals surface area contributed by atoms with E-state index in [-0.39, 0.29) is 30.3 Å². The molecule has 118 valence electrons. The summed E-state index contributed by atoms with van der Waals surface area (Å²) in [6.07, 6.45) is 1.94.